The number of thiazole rings is 1. The molecule has 192 valence electrons. The second kappa shape index (κ2) is 9.36. The number of hydrogen-bond acceptors (Lipinski definition) is 7. The second-order valence-electron chi connectivity index (χ2n) is 9.96. The number of benzene rings is 2. The Hall–Kier alpha value is -2.49. The number of aromatic nitrogens is 2. The Morgan fingerprint density at radius 3 is 2.78 bits per heavy atom. The largest absolute Gasteiger partial charge is 0.478 e. The fourth-order valence-electron chi connectivity index (χ4n) is 5.94. The van der Waals surface area contributed by atoms with Gasteiger partial charge in [0.2, 0.25) is 0 Å². The Morgan fingerprint density at radius 1 is 1.27 bits per heavy atom. The monoisotopic (exact) mass is 558 g/mol. The van der Waals surface area contributed by atoms with Crippen LogP contribution in [-0.4, -0.2) is 38.0 Å². The van der Waals surface area contributed by atoms with Gasteiger partial charge in [0.25, 0.3) is 0 Å². The summed E-state index contributed by atoms with van der Waals surface area (Å²) in [5.74, 6) is -0.190. The zero-order valence-electron chi connectivity index (χ0n) is 19.9. The van der Waals surface area contributed by atoms with Gasteiger partial charge in [0.1, 0.15) is 16.5 Å². The van der Waals surface area contributed by atoms with E-state index in [-0.39, 0.29) is 30.1 Å². The van der Waals surface area contributed by atoms with E-state index in [2.05, 4.69) is 5.16 Å². The van der Waals surface area contributed by atoms with E-state index in [9.17, 15) is 15.0 Å². The molecule has 2 aliphatic carbocycles. The molecule has 2 aromatic carbocycles. The van der Waals surface area contributed by atoms with E-state index in [1.54, 1.807) is 36.4 Å². The molecule has 2 N–H and O–H groups in total. The number of ether oxygens (including phenoxy) is 1. The maximum Gasteiger partial charge on any atom is 0.335 e. The fraction of sp³-hybridized carbons (Fsp3) is 0.370. The molecular formula is C27H24Cl2N2O5S. The topological polar surface area (TPSA) is 106 Å². The van der Waals surface area contributed by atoms with Crippen molar-refractivity contribution >= 4 is 50.7 Å². The van der Waals surface area contributed by atoms with Crippen molar-refractivity contribution in [2.24, 2.45) is 5.92 Å². The van der Waals surface area contributed by atoms with Crippen molar-refractivity contribution in [3.8, 4) is 11.3 Å². The lowest BCUT2D eigenvalue weighted by molar-refractivity contribution is -0.0821. The molecule has 4 aromatic rings. The molecule has 2 bridgehead atoms. The minimum absolute atomic E-state index is 0.0900. The van der Waals surface area contributed by atoms with Gasteiger partial charge in [-0.3, -0.25) is 0 Å². The Balaban J connectivity index is 1.21. The third kappa shape index (κ3) is 4.34. The molecule has 2 saturated carbocycles. The van der Waals surface area contributed by atoms with Crippen molar-refractivity contribution in [3.05, 3.63) is 68.3 Å². The number of carbonyl (C=O) groups is 1. The van der Waals surface area contributed by atoms with Crippen molar-refractivity contribution in [2.45, 2.75) is 56.8 Å². The van der Waals surface area contributed by atoms with Gasteiger partial charge in [-0.05, 0) is 62.4 Å². The minimum Gasteiger partial charge on any atom is -0.478 e. The van der Waals surface area contributed by atoms with Crippen molar-refractivity contribution in [1.82, 2.24) is 10.1 Å². The first-order chi connectivity index (χ1) is 17.7. The fourth-order valence-corrected chi connectivity index (χ4v) is 7.83. The molecule has 2 aliphatic rings. The zero-order chi connectivity index (χ0) is 25.9. The number of fused-ring (bicyclic) bond motifs is 3. The molecule has 0 amide bonds. The van der Waals surface area contributed by atoms with E-state index in [1.165, 1.54) is 11.3 Å². The van der Waals surface area contributed by atoms with Crippen LogP contribution in [0.4, 0.5) is 0 Å². The molecule has 1 unspecified atom stereocenters. The van der Waals surface area contributed by atoms with Crippen LogP contribution in [0.3, 0.4) is 0 Å². The van der Waals surface area contributed by atoms with Crippen LogP contribution in [0, 0.1) is 12.8 Å². The van der Waals surface area contributed by atoms with E-state index >= 15 is 0 Å². The Kier molecular flexibility index (Phi) is 6.28. The zero-order valence-corrected chi connectivity index (χ0v) is 22.2. The summed E-state index contributed by atoms with van der Waals surface area (Å²) in [5.41, 5.74) is 2.06. The normalized spacial score (nSPS) is 25.1. The molecule has 10 heteroatoms. The molecule has 2 aromatic heterocycles. The van der Waals surface area contributed by atoms with Crippen LogP contribution in [-0.2, 0) is 11.3 Å². The number of halogens is 2. The number of nitrogens with zero attached hydrogens (tertiary/aromatic N) is 2. The lowest BCUT2D eigenvalue weighted by atomic mass is 9.74. The van der Waals surface area contributed by atoms with Gasteiger partial charge in [-0.15, -0.1) is 11.3 Å². The maximum atomic E-state index is 11.7. The highest BCUT2D eigenvalue weighted by atomic mass is 35.5. The highest BCUT2D eigenvalue weighted by molar-refractivity contribution is 7.18. The Morgan fingerprint density at radius 2 is 2.05 bits per heavy atom. The lowest BCUT2D eigenvalue weighted by Gasteiger charge is -2.40. The summed E-state index contributed by atoms with van der Waals surface area (Å²) < 4.78 is 12.6. The summed E-state index contributed by atoms with van der Waals surface area (Å²) in [6.07, 6.45) is 2.74. The third-order valence-electron chi connectivity index (χ3n) is 7.71. The van der Waals surface area contributed by atoms with Gasteiger partial charge in [-0.2, -0.15) is 0 Å². The maximum absolute atomic E-state index is 11.7. The SMILES string of the molecule is Cc1onc(-c2c(Cl)cccc2Cl)c1CO[C@@H]1C[C@@H]2CC[C@@](O)(C1)C2c1nc2ccc(C(=O)O)cc2s1. The van der Waals surface area contributed by atoms with Gasteiger partial charge in [0.05, 0.1) is 44.1 Å². The molecular weight excluding hydrogens is 535 g/mol. The third-order valence-corrected chi connectivity index (χ3v) is 9.44. The first-order valence-corrected chi connectivity index (χ1v) is 13.7. The summed E-state index contributed by atoms with van der Waals surface area (Å²) in [7, 11) is 0. The van der Waals surface area contributed by atoms with Crippen LogP contribution >= 0.6 is 34.5 Å². The number of rotatable bonds is 6. The molecule has 6 rings (SSSR count). The van der Waals surface area contributed by atoms with Crippen LogP contribution in [0.1, 0.15) is 58.3 Å². The Bertz CT molecular complexity index is 1500. The van der Waals surface area contributed by atoms with Crippen molar-refractivity contribution < 1.29 is 24.3 Å². The second-order valence-corrected chi connectivity index (χ2v) is 11.8. The van der Waals surface area contributed by atoms with Crippen LogP contribution in [0.2, 0.25) is 10.0 Å². The standard InChI is InChI=1S/C27H24Cl2N2O5S/c1-13-17(24(31-36-13)22-18(28)3-2-4-19(22)29)12-35-16-9-14-7-8-27(34,11-16)23(14)25-30-20-6-5-15(26(32)33)10-21(20)37-25/h2-6,10,14,16,23,34H,7-9,11-12H2,1H3,(H,32,33)/t14-,16+,23?,27+/m0/s1. The number of aliphatic hydroxyl groups is 1. The number of aromatic carboxylic acids is 1. The van der Waals surface area contributed by atoms with E-state index in [0.717, 1.165) is 33.6 Å². The molecule has 4 atom stereocenters. The molecule has 2 heterocycles. The average molecular weight is 559 g/mol. The first-order valence-electron chi connectivity index (χ1n) is 12.1. The highest BCUT2D eigenvalue weighted by Crippen LogP contribution is 2.56. The first kappa shape index (κ1) is 24.8. The molecule has 0 radical (unpaired) electrons. The summed E-state index contributed by atoms with van der Waals surface area (Å²) in [4.78, 5) is 16.2. The van der Waals surface area contributed by atoms with Crippen LogP contribution in [0.25, 0.3) is 21.5 Å². The highest BCUT2D eigenvalue weighted by Gasteiger charge is 2.54. The predicted octanol–water partition coefficient (Wildman–Crippen LogP) is 6.87. The van der Waals surface area contributed by atoms with Gasteiger partial charge in [-0.1, -0.05) is 34.4 Å². The predicted molar refractivity (Wildman–Crippen MR) is 142 cm³/mol. The van der Waals surface area contributed by atoms with E-state index in [0.29, 0.717) is 39.9 Å². The van der Waals surface area contributed by atoms with Crippen molar-refractivity contribution in [1.29, 1.82) is 0 Å². The average Bonchev–Trinajstić information content (AvgIpc) is 3.49. The van der Waals surface area contributed by atoms with Crippen molar-refractivity contribution in [2.75, 3.05) is 0 Å². The number of hydrogen-bond donors (Lipinski definition) is 2. The molecule has 0 aliphatic heterocycles. The molecule has 2 fully saturated rings. The van der Waals surface area contributed by atoms with Gasteiger partial charge in [-0.25, -0.2) is 9.78 Å². The molecule has 0 spiro atoms. The van der Waals surface area contributed by atoms with E-state index < -0.39 is 11.6 Å². The van der Waals surface area contributed by atoms with Gasteiger partial charge in [0, 0.05) is 23.5 Å². The smallest absolute Gasteiger partial charge is 0.335 e. The summed E-state index contributed by atoms with van der Waals surface area (Å²) in [5, 5.41) is 27.1. The van der Waals surface area contributed by atoms with Crippen LogP contribution in [0.15, 0.2) is 40.9 Å². The van der Waals surface area contributed by atoms with Crippen molar-refractivity contribution in [3.63, 3.8) is 0 Å². The Labute approximate surface area is 227 Å². The summed E-state index contributed by atoms with van der Waals surface area (Å²) in [6, 6.07) is 10.3. The molecule has 7 nitrogen and oxygen atoms in total. The summed E-state index contributed by atoms with van der Waals surface area (Å²) >= 11 is 14.3. The number of carboxylic acid groups (broad SMARTS) is 1. The quantitative estimate of drug-likeness (QED) is 0.266. The van der Waals surface area contributed by atoms with Crippen LogP contribution in [0.5, 0.6) is 0 Å². The minimum atomic E-state index is -0.962. The summed E-state index contributed by atoms with van der Waals surface area (Å²) in [6.45, 7) is 2.10. The number of carboxylic acids is 1. The van der Waals surface area contributed by atoms with Gasteiger partial charge < -0.3 is 19.5 Å². The van der Waals surface area contributed by atoms with Crippen LogP contribution < -0.4 is 0 Å². The van der Waals surface area contributed by atoms with E-state index in [1.807, 2.05) is 6.92 Å². The molecule has 0 saturated heterocycles. The molecule has 37 heavy (non-hydrogen) atoms. The van der Waals surface area contributed by atoms with Gasteiger partial charge >= 0.3 is 5.97 Å². The van der Waals surface area contributed by atoms with E-state index in [4.69, 9.17) is 37.4 Å². The van der Waals surface area contributed by atoms with Gasteiger partial charge in [0.15, 0.2) is 0 Å². The number of aryl methyl sites for hydroxylation is 1. The lowest BCUT2D eigenvalue weighted by Crippen LogP contribution is -2.43.